The van der Waals surface area contributed by atoms with Crippen LogP contribution >= 0.6 is 0 Å². The van der Waals surface area contributed by atoms with Crippen LogP contribution in [0.15, 0.2) is 18.3 Å². The maximum atomic E-state index is 12.1. The van der Waals surface area contributed by atoms with Gasteiger partial charge >= 0.3 is 6.03 Å². The summed E-state index contributed by atoms with van der Waals surface area (Å²) in [5, 5.41) is 12.7. The molecule has 0 aromatic carbocycles. The van der Waals surface area contributed by atoms with E-state index < -0.39 is 0 Å². The summed E-state index contributed by atoms with van der Waals surface area (Å²) in [7, 11) is 1.52. The van der Waals surface area contributed by atoms with Gasteiger partial charge in [-0.3, -0.25) is 5.10 Å². The zero-order valence-electron chi connectivity index (χ0n) is 13.2. The first-order valence-electron chi connectivity index (χ1n) is 7.07. The second-order valence-electron chi connectivity index (χ2n) is 5.32. The number of aromatic amines is 1. The van der Waals surface area contributed by atoms with Crippen LogP contribution in [0.25, 0.3) is 0 Å². The molecule has 1 atom stereocenters. The van der Waals surface area contributed by atoms with Crippen LogP contribution in [0.2, 0.25) is 0 Å². The van der Waals surface area contributed by atoms with Gasteiger partial charge in [-0.15, -0.1) is 0 Å². The summed E-state index contributed by atoms with van der Waals surface area (Å²) in [6.07, 6.45) is 2.34. The maximum absolute atomic E-state index is 12.1. The maximum Gasteiger partial charge on any atom is 0.319 e. The van der Waals surface area contributed by atoms with Gasteiger partial charge in [0.1, 0.15) is 5.69 Å². The minimum absolute atomic E-state index is 0.0496. The lowest BCUT2D eigenvalue weighted by Crippen LogP contribution is -2.37. The average molecular weight is 303 g/mol. The number of hydrogen-bond donors (Lipinski definition) is 3. The van der Waals surface area contributed by atoms with Crippen molar-refractivity contribution in [3.8, 4) is 5.88 Å². The normalized spacial score (nSPS) is 11.8. The number of urea groups is 1. The Hall–Kier alpha value is -2.57. The number of hydrogen-bond acceptors (Lipinski definition) is 4. The summed E-state index contributed by atoms with van der Waals surface area (Å²) >= 11 is 0. The Balaban J connectivity index is 1.93. The Labute approximate surface area is 129 Å². The van der Waals surface area contributed by atoms with Crippen LogP contribution in [-0.4, -0.2) is 34.4 Å². The van der Waals surface area contributed by atoms with Crippen LogP contribution < -0.4 is 15.4 Å². The van der Waals surface area contributed by atoms with Crippen molar-refractivity contribution < 1.29 is 9.53 Å². The van der Waals surface area contributed by atoms with Gasteiger partial charge in [0.25, 0.3) is 0 Å². The molecule has 2 rings (SSSR count). The molecule has 0 saturated carbocycles. The summed E-state index contributed by atoms with van der Waals surface area (Å²) in [4.78, 5) is 16.2. The van der Waals surface area contributed by atoms with Crippen molar-refractivity contribution in [2.24, 2.45) is 0 Å². The van der Waals surface area contributed by atoms with Crippen molar-refractivity contribution in [3.05, 3.63) is 35.3 Å². The highest BCUT2D eigenvalue weighted by molar-refractivity contribution is 5.90. The van der Waals surface area contributed by atoms with Crippen LogP contribution in [0.1, 0.15) is 23.9 Å². The lowest BCUT2D eigenvalue weighted by atomic mass is 10.2. The number of rotatable bonds is 5. The van der Waals surface area contributed by atoms with E-state index in [-0.39, 0.29) is 12.1 Å². The Morgan fingerprint density at radius 3 is 2.82 bits per heavy atom. The van der Waals surface area contributed by atoms with Crippen molar-refractivity contribution in [2.45, 2.75) is 33.2 Å². The molecule has 2 amide bonds. The highest BCUT2D eigenvalue weighted by Gasteiger charge is 2.12. The van der Waals surface area contributed by atoms with E-state index in [1.165, 1.54) is 7.11 Å². The third-order valence-electron chi connectivity index (χ3n) is 3.08. The highest BCUT2D eigenvalue weighted by Crippen LogP contribution is 2.21. The fourth-order valence-electron chi connectivity index (χ4n) is 2.13. The van der Waals surface area contributed by atoms with Crippen molar-refractivity contribution >= 4 is 11.7 Å². The first-order chi connectivity index (χ1) is 10.5. The average Bonchev–Trinajstić information content (AvgIpc) is 2.83. The molecular weight excluding hydrogens is 282 g/mol. The Morgan fingerprint density at radius 1 is 1.41 bits per heavy atom. The summed E-state index contributed by atoms with van der Waals surface area (Å²) < 4.78 is 5.14. The molecule has 0 fully saturated rings. The number of carbonyl (C=O) groups excluding carboxylic acids is 1. The lowest BCUT2D eigenvalue weighted by Gasteiger charge is -2.15. The quantitative estimate of drug-likeness (QED) is 0.789. The molecule has 7 nitrogen and oxygen atoms in total. The Kier molecular flexibility index (Phi) is 4.98. The van der Waals surface area contributed by atoms with Gasteiger partial charge in [-0.1, -0.05) is 0 Å². The number of nitrogens with one attached hydrogen (secondary N) is 3. The Morgan fingerprint density at radius 2 is 2.18 bits per heavy atom. The second kappa shape index (κ2) is 6.93. The molecule has 7 heteroatoms. The summed E-state index contributed by atoms with van der Waals surface area (Å²) in [6.45, 7) is 5.77. The van der Waals surface area contributed by atoms with E-state index in [2.05, 4.69) is 25.8 Å². The smallest absolute Gasteiger partial charge is 0.319 e. The summed E-state index contributed by atoms with van der Waals surface area (Å²) in [5.74, 6) is 0.385. The minimum Gasteiger partial charge on any atom is -0.480 e. The fourth-order valence-corrected chi connectivity index (χ4v) is 2.13. The number of carbonyl (C=O) groups is 1. The van der Waals surface area contributed by atoms with Crippen LogP contribution in [0, 0.1) is 13.8 Å². The van der Waals surface area contributed by atoms with Gasteiger partial charge in [-0.25, -0.2) is 9.78 Å². The van der Waals surface area contributed by atoms with Gasteiger partial charge in [0.05, 0.1) is 12.8 Å². The first-order valence-corrected chi connectivity index (χ1v) is 7.07. The van der Waals surface area contributed by atoms with Gasteiger partial charge in [0.2, 0.25) is 5.88 Å². The zero-order valence-corrected chi connectivity index (χ0v) is 13.2. The zero-order chi connectivity index (χ0) is 16.1. The number of anilines is 1. The molecule has 0 aliphatic rings. The summed E-state index contributed by atoms with van der Waals surface area (Å²) in [5.41, 5.74) is 3.40. The monoisotopic (exact) mass is 303 g/mol. The number of aryl methyl sites for hydroxylation is 2. The van der Waals surface area contributed by atoms with E-state index in [1.54, 1.807) is 6.20 Å². The van der Waals surface area contributed by atoms with E-state index in [1.807, 2.05) is 32.9 Å². The predicted octanol–water partition coefficient (Wildman–Crippen LogP) is 2.18. The molecular formula is C15H21N5O2. The molecule has 118 valence electrons. The number of nitrogens with zero attached hydrogens (tertiary/aromatic N) is 2. The number of methoxy groups -OCH3 is 1. The SMILES string of the molecule is COc1ncc(C)cc1NC(=O)NC(C)Cc1cc(C)[nH]n1. The predicted molar refractivity (Wildman–Crippen MR) is 84.2 cm³/mol. The van der Waals surface area contributed by atoms with Crippen LogP contribution in [0.5, 0.6) is 5.88 Å². The second-order valence-corrected chi connectivity index (χ2v) is 5.32. The molecule has 0 bridgehead atoms. The molecule has 0 aliphatic carbocycles. The van der Waals surface area contributed by atoms with Crippen LogP contribution in [0.4, 0.5) is 10.5 Å². The molecule has 2 aromatic rings. The van der Waals surface area contributed by atoms with E-state index in [0.717, 1.165) is 17.0 Å². The molecule has 1 unspecified atom stereocenters. The highest BCUT2D eigenvalue weighted by atomic mass is 16.5. The largest absolute Gasteiger partial charge is 0.480 e. The van der Waals surface area contributed by atoms with E-state index in [9.17, 15) is 4.79 Å². The third kappa shape index (κ3) is 4.21. The van der Waals surface area contributed by atoms with E-state index in [0.29, 0.717) is 18.0 Å². The Bertz CT molecular complexity index is 653. The third-order valence-corrected chi connectivity index (χ3v) is 3.08. The van der Waals surface area contributed by atoms with Gasteiger partial charge in [-0.05, 0) is 38.5 Å². The molecule has 22 heavy (non-hydrogen) atoms. The topological polar surface area (TPSA) is 91.9 Å². The minimum atomic E-state index is -0.301. The van der Waals surface area contributed by atoms with E-state index >= 15 is 0 Å². The van der Waals surface area contributed by atoms with Gasteiger partial charge in [-0.2, -0.15) is 5.10 Å². The van der Waals surface area contributed by atoms with Crippen molar-refractivity contribution in [2.75, 3.05) is 12.4 Å². The molecule has 2 heterocycles. The van der Waals surface area contributed by atoms with Gasteiger partial charge in [0.15, 0.2) is 0 Å². The molecule has 0 aliphatic heterocycles. The van der Waals surface area contributed by atoms with Crippen LogP contribution in [-0.2, 0) is 6.42 Å². The fraction of sp³-hybridized carbons (Fsp3) is 0.400. The lowest BCUT2D eigenvalue weighted by molar-refractivity contribution is 0.249. The number of H-pyrrole nitrogens is 1. The van der Waals surface area contributed by atoms with Crippen molar-refractivity contribution in [1.29, 1.82) is 0 Å². The number of aromatic nitrogens is 3. The van der Waals surface area contributed by atoms with Gasteiger partial charge < -0.3 is 15.4 Å². The molecule has 2 aromatic heterocycles. The molecule has 0 saturated heterocycles. The van der Waals surface area contributed by atoms with Crippen LogP contribution in [0.3, 0.4) is 0 Å². The number of pyridine rings is 1. The van der Waals surface area contributed by atoms with Crippen molar-refractivity contribution in [1.82, 2.24) is 20.5 Å². The molecule has 3 N–H and O–H groups in total. The van der Waals surface area contributed by atoms with Gasteiger partial charge in [0, 0.05) is 24.4 Å². The van der Waals surface area contributed by atoms with E-state index in [4.69, 9.17) is 4.74 Å². The molecule has 0 spiro atoms. The summed E-state index contributed by atoms with van der Waals surface area (Å²) in [6, 6.07) is 3.42. The molecule has 0 radical (unpaired) electrons. The number of ether oxygens (including phenoxy) is 1. The standard InChI is InChI=1S/C15H21N5O2/c1-9-5-13(14(22-4)16-8-9)18-15(21)17-10(2)6-12-7-11(3)19-20-12/h5,7-8,10H,6H2,1-4H3,(H,19,20)(H2,17,18,21). The van der Waals surface area contributed by atoms with Crippen molar-refractivity contribution in [3.63, 3.8) is 0 Å². The first kappa shape index (κ1) is 15.8. The number of amides is 2.